The van der Waals surface area contributed by atoms with Crippen molar-refractivity contribution in [1.29, 1.82) is 0 Å². The van der Waals surface area contributed by atoms with Crippen LogP contribution in [0.25, 0.3) is 0 Å². The summed E-state index contributed by atoms with van der Waals surface area (Å²) in [7, 11) is 0. The van der Waals surface area contributed by atoms with Crippen molar-refractivity contribution in [2.75, 3.05) is 6.54 Å². The van der Waals surface area contributed by atoms with E-state index in [0.717, 1.165) is 13.0 Å². The first kappa shape index (κ1) is 8.52. The van der Waals surface area contributed by atoms with Gasteiger partial charge in [0.05, 0.1) is 5.60 Å². The number of rotatable bonds is 2. The van der Waals surface area contributed by atoms with Gasteiger partial charge in [-0.2, -0.15) is 0 Å². The highest BCUT2D eigenvalue weighted by Crippen LogP contribution is 2.42. The molecule has 2 N–H and O–H groups in total. The molecule has 1 aliphatic carbocycles. The molecule has 0 radical (unpaired) electrons. The van der Waals surface area contributed by atoms with E-state index < -0.39 is 5.60 Å². The van der Waals surface area contributed by atoms with Gasteiger partial charge in [0.1, 0.15) is 0 Å². The predicted octanol–water partition coefficient (Wildman–Crippen LogP) is 1.29. The minimum Gasteiger partial charge on any atom is -0.388 e. The third kappa shape index (κ3) is 1.50. The molecule has 0 spiro atoms. The Balaban J connectivity index is 1.95. The van der Waals surface area contributed by atoms with E-state index in [1.54, 1.807) is 0 Å². The fraction of sp³-hybridized carbons (Fsp3) is 1.00. The third-order valence-electron chi connectivity index (χ3n) is 3.42. The minimum atomic E-state index is -0.430. The molecule has 0 aromatic carbocycles. The van der Waals surface area contributed by atoms with Crippen LogP contribution < -0.4 is 5.32 Å². The second kappa shape index (κ2) is 3.00. The molecule has 2 aliphatic rings. The van der Waals surface area contributed by atoms with Gasteiger partial charge >= 0.3 is 0 Å². The van der Waals surface area contributed by atoms with E-state index in [2.05, 4.69) is 5.32 Å². The molecule has 0 aromatic heterocycles. The SMILES string of the molecule is CC(O)(C1CC1)C1CCCCN1. The fourth-order valence-corrected chi connectivity index (χ4v) is 2.30. The molecule has 70 valence electrons. The molecule has 0 bridgehead atoms. The summed E-state index contributed by atoms with van der Waals surface area (Å²) in [5.41, 5.74) is -0.430. The number of aliphatic hydroxyl groups is 1. The number of piperidine rings is 1. The molecular weight excluding hydrogens is 150 g/mol. The Morgan fingerprint density at radius 2 is 2.00 bits per heavy atom. The summed E-state index contributed by atoms with van der Waals surface area (Å²) in [4.78, 5) is 0. The normalized spacial score (nSPS) is 36.0. The molecule has 0 amide bonds. The van der Waals surface area contributed by atoms with E-state index in [9.17, 15) is 5.11 Å². The molecule has 0 aromatic rings. The molecule has 12 heavy (non-hydrogen) atoms. The number of hydrogen-bond acceptors (Lipinski definition) is 2. The van der Waals surface area contributed by atoms with Crippen LogP contribution in [-0.2, 0) is 0 Å². The minimum absolute atomic E-state index is 0.360. The molecule has 2 atom stereocenters. The van der Waals surface area contributed by atoms with Gasteiger partial charge in [0, 0.05) is 6.04 Å². The maximum absolute atomic E-state index is 10.2. The van der Waals surface area contributed by atoms with Gasteiger partial charge in [0.2, 0.25) is 0 Å². The monoisotopic (exact) mass is 169 g/mol. The van der Waals surface area contributed by atoms with Crippen LogP contribution in [0.2, 0.25) is 0 Å². The van der Waals surface area contributed by atoms with Crippen LogP contribution in [0.5, 0.6) is 0 Å². The first-order valence-corrected chi connectivity index (χ1v) is 5.17. The maximum Gasteiger partial charge on any atom is 0.0799 e. The Hall–Kier alpha value is -0.0800. The summed E-state index contributed by atoms with van der Waals surface area (Å²) in [5.74, 6) is 0.577. The van der Waals surface area contributed by atoms with Crippen LogP contribution in [0.15, 0.2) is 0 Å². The molecule has 2 fully saturated rings. The first-order chi connectivity index (χ1) is 5.71. The second-order valence-corrected chi connectivity index (χ2v) is 4.50. The lowest BCUT2D eigenvalue weighted by atomic mass is 9.85. The molecule has 1 heterocycles. The van der Waals surface area contributed by atoms with Crippen molar-refractivity contribution in [3.05, 3.63) is 0 Å². The van der Waals surface area contributed by atoms with Crippen molar-refractivity contribution in [3.8, 4) is 0 Å². The standard InChI is InChI=1S/C10H19NO/c1-10(12,8-5-6-8)9-4-2-3-7-11-9/h8-9,11-12H,2-7H2,1H3. The Morgan fingerprint density at radius 3 is 2.50 bits per heavy atom. The summed E-state index contributed by atoms with van der Waals surface area (Å²) in [6, 6.07) is 0.360. The molecule has 2 heteroatoms. The van der Waals surface area contributed by atoms with E-state index in [0.29, 0.717) is 12.0 Å². The molecule has 2 rings (SSSR count). The van der Waals surface area contributed by atoms with Gasteiger partial charge in [0.25, 0.3) is 0 Å². The quantitative estimate of drug-likeness (QED) is 0.653. The van der Waals surface area contributed by atoms with Crippen molar-refractivity contribution >= 4 is 0 Å². The van der Waals surface area contributed by atoms with Gasteiger partial charge in [-0.3, -0.25) is 0 Å². The van der Waals surface area contributed by atoms with Crippen LogP contribution in [0.4, 0.5) is 0 Å². The van der Waals surface area contributed by atoms with E-state index in [1.165, 1.54) is 25.7 Å². The third-order valence-corrected chi connectivity index (χ3v) is 3.42. The fourth-order valence-electron chi connectivity index (χ4n) is 2.30. The highest BCUT2D eigenvalue weighted by molar-refractivity contribution is 5.00. The van der Waals surface area contributed by atoms with E-state index in [1.807, 2.05) is 6.92 Å². The summed E-state index contributed by atoms with van der Waals surface area (Å²) < 4.78 is 0. The second-order valence-electron chi connectivity index (χ2n) is 4.50. The number of nitrogens with one attached hydrogen (secondary N) is 1. The molecule has 1 aliphatic heterocycles. The summed E-state index contributed by atoms with van der Waals surface area (Å²) >= 11 is 0. The average molecular weight is 169 g/mol. The van der Waals surface area contributed by atoms with Crippen molar-refractivity contribution < 1.29 is 5.11 Å². The van der Waals surface area contributed by atoms with Crippen molar-refractivity contribution in [2.45, 2.75) is 50.7 Å². The smallest absolute Gasteiger partial charge is 0.0799 e. The molecule has 1 saturated carbocycles. The maximum atomic E-state index is 10.2. The Bertz CT molecular complexity index is 157. The zero-order valence-corrected chi connectivity index (χ0v) is 7.84. The van der Waals surface area contributed by atoms with Crippen LogP contribution >= 0.6 is 0 Å². The molecule has 2 unspecified atom stereocenters. The molecular formula is C10H19NO. The zero-order valence-electron chi connectivity index (χ0n) is 7.84. The van der Waals surface area contributed by atoms with Gasteiger partial charge in [-0.05, 0) is 45.1 Å². The highest BCUT2D eigenvalue weighted by atomic mass is 16.3. The van der Waals surface area contributed by atoms with Gasteiger partial charge in [-0.25, -0.2) is 0 Å². The predicted molar refractivity (Wildman–Crippen MR) is 49.0 cm³/mol. The Morgan fingerprint density at radius 1 is 1.25 bits per heavy atom. The van der Waals surface area contributed by atoms with Gasteiger partial charge < -0.3 is 10.4 Å². The Labute approximate surface area is 74.4 Å². The lowest BCUT2D eigenvalue weighted by Gasteiger charge is -2.36. The highest BCUT2D eigenvalue weighted by Gasteiger charge is 2.45. The first-order valence-electron chi connectivity index (χ1n) is 5.17. The van der Waals surface area contributed by atoms with Crippen molar-refractivity contribution in [1.82, 2.24) is 5.32 Å². The van der Waals surface area contributed by atoms with E-state index in [4.69, 9.17) is 0 Å². The van der Waals surface area contributed by atoms with Crippen LogP contribution in [0, 0.1) is 5.92 Å². The lowest BCUT2D eigenvalue weighted by molar-refractivity contribution is -0.0102. The van der Waals surface area contributed by atoms with Gasteiger partial charge in [-0.15, -0.1) is 0 Å². The lowest BCUT2D eigenvalue weighted by Crippen LogP contribution is -2.52. The van der Waals surface area contributed by atoms with Crippen LogP contribution in [0.1, 0.15) is 39.0 Å². The molecule has 2 nitrogen and oxygen atoms in total. The molecule has 1 saturated heterocycles. The summed E-state index contributed by atoms with van der Waals surface area (Å²) in [5, 5.41) is 13.6. The zero-order chi connectivity index (χ0) is 8.60. The van der Waals surface area contributed by atoms with Gasteiger partial charge in [0.15, 0.2) is 0 Å². The largest absolute Gasteiger partial charge is 0.388 e. The average Bonchev–Trinajstić information content (AvgIpc) is 2.88. The summed E-state index contributed by atoms with van der Waals surface area (Å²) in [6.45, 7) is 3.10. The van der Waals surface area contributed by atoms with Crippen molar-refractivity contribution in [2.24, 2.45) is 5.92 Å². The van der Waals surface area contributed by atoms with Crippen LogP contribution in [0.3, 0.4) is 0 Å². The van der Waals surface area contributed by atoms with Crippen LogP contribution in [-0.4, -0.2) is 23.3 Å². The van der Waals surface area contributed by atoms with Crippen molar-refractivity contribution in [3.63, 3.8) is 0 Å². The topological polar surface area (TPSA) is 32.3 Å². The Kier molecular flexibility index (Phi) is 2.13. The van der Waals surface area contributed by atoms with E-state index >= 15 is 0 Å². The van der Waals surface area contributed by atoms with E-state index in [-0.39, 0.29) is 0 Å². The summed E-state index contributed by atoms with van der Waals surface area (Å²) in [6.07, 6.45) is 6.16. The number of hydrogen-bond donors (Lipinski definition) is 2. The van der Waals surface area contributed by atoms with Gasteiger partial charge in [-0.1, -0.05) is 6.42 Å².